The SMILES string of the molecule is CN(c1ccccc1)c1cccc(C(C)(C)c2cccc(-c3ccc(F)cc3F)n2)n1. The highest BCUT2D eigenvalue weighted by atomic mass is 19.1. The smallest absolute Gasteiger partial charge is 0.135 e. The molecule has 0 aliphatic carbocycles. The molecule has 0 spiro atoms. The van der Waals surface area contributed by atoms with Crippen molar-refractivity contribution in [2.24, 2.45) is 0 Å². The minimum absolute atomic E-state index is 0.268. The molecule has 0 fully saturated rings. The fourth-order valence-electron chi connectivity index (χ4n) is 3.50. The Labute approximate surface area is 181 Å². The maximum absolute atomic E-state index is 14.3. The molecule has 0 aliphatic heterocycles. The summed E-state index contributed by atoms with van der Waals surface area (Å²) >= 11 is 0. The topological polar surface area (TPSA) is 29.0 Å². The first kappa shape index (κ1) is 20.7. The Morgan fingerprint density at radius 2 is 1.42 bits per heavy atom. The van der Waals surface area contributed by atoms with E-state index in [9.17, 15) is 8.78 Å². The number of anilines is 2. The van der Waals surface area contributed by atoms with Crippen LogP contribution in [0.15, 0.2) is 84.9 Å². The van der Waals surface area contributed by atoms with Crippen LogP contribution in [-0.4, -0.2) is 17.0 Å². The number of rotatable bonds is 5. The first-order chi connectivity index (χ1) is 14.9. The van der Waals surface area contributed by atoms with Gasteiger partial charge in [-0.3, -0.25) is 4.98 Å². The van der Waals surface area contributed by atoms with Crippen molar-refractivity contribution in [3.63, 3.8) is 0 Å². The van der Waals surface area contributed by atoms with Crippen molar-refractivity contribution in [3.8, 4) is 11.3 Å². The van der Waals surface area contributed by atoms with E-state index in [-0.39, 0.29) is 5.56 Å². The third kappa shape index (κ3) is 4.17. The molecule has 156 valence electrons. The molecule has 0 atom stereocenters. The lowest BCUT2D eigenvalue weighted by Gasteiger charge is -2.26. The normalized spacial score (nSPS) is 11.4. The van der Waals surface area contributed by atoms with Gasteiger partial charge in [-0.25, -0.2) is 13.8 Å². The van der Waals surface area contributed by atoms with Crippen molar-refractivity contribution >= 4 is 11.5 Å². The Morgan fingerprint density at radius 1 is 0.742 bits per heavy atom. The van der Waals surface area contributed by atoms with E-state index in [1.165, 1.54) is 12.1 Å². The summed E-state index contributed by atoms with van der Waals surface area (Å²) in [6, 6.07) is 24.9. The van der Waals surface area contributed by atoms with Crippen LogP contribution < -0.4 is 4.90 Å². The van der Waals surface area contributed by atoms with Gasteiger partial charge in [-0.05, 0) is 62.4 Å². The van der Waals surface area contributed by atoms with Gasteiger partial charge < -0.3 is 4.90 Å². The molecule has 0 radical (unpaired) electrons. The summed E-state index contributed by atoms with van der Waals surface area (Å²) in [6.45, 7) is 4.07. The van der Waals surface area contributed by atoms with Crippen molar-refractivity contribution in [2.45, 2.75) is 19.3 Å². The second-order valence-electron chi connectivity index (χ2n) is 7.93. The van der Waals surface area contributed by atoms with E-state index >= 15 is 0 Å². The Kier molecular flexibility index (Phi) is 5.51. The molecule has 0 saturated heterocycles. The minimum atomic E-state index is -0.632. The fraction of sp³-hybridized carbons (Fsp3) is 0.154. The van der Waals surface area contributed by atoms with Crippen molar-refractivity contribution in [1.82, 2.24) is 9.97 Å². The second-order valence-corrected chi connectivity index (χ2v) is 7.93. The van der Waals surface area contributed by atoms with Gasteiger partial charge >= 0.3 is 0 Å². The van der Waals surface area contributed by atoms with Gasteiger partial charge in [0.05, 0.1) is 17.1 Å². The molecule has 0 bridgehead atoms. The molecule has 0 saturated carbocycles. The van der Waals surface area contributed by atoms with Crippen molar-refractivity contribution < 1.29 is 8.78 Å². The minimum Gasteiger partial charge on any atom is -0.329 e. The number of pyridine rings is 2. The standard InChI is InChI=1S/C26H23F2N3/c1-26(2,23-12-7-11-22(29-23)20-16-15-18(27)17-21(20)28)24-13-8-14-25(30-24)31(3)19-9-5-4-6-10-19/h4-17H,1-3H3. The van der Waals surface area contributed by atoms with E-state index in [4.69, 9.17) is 9.97 Å². The molecule has 0 unspecified atom stereocenters. The number of nitrogens with zero attached hydrogens (tertiary/aromatic N) is 3. The number of halogens is 2. The van der Waals surface area contributed by atoms with Gasteiger partial charge in [0.1, 0.15) is 17.5 Å². The number of benzene rings is 2. The van der Waals surface area contributed by atoms with Gasteiger partial charge in [-0.2, -0.15) is 0 Å². The van der Waals surface area contributed by atoms with Crippen LogP contribution in [0.1, 0.15) is 25.2 Å². The summed E-state index contributed by atoms with van der Waals surface area (Å²) in [5, 5.41) is 0. The lowest BCUT2D eigenvalue weighted by Crippen LogP contribution is -2.23. The number of hydrogen-bond acceptors (Lipinski definition) is 3. The maximum atomic E-state index is 14.3. The molecule has 0 aliphatic rings. The molecule has 3 nitrogen and oxygen atoms in total. The highest BCUT2D eigenvalue weighted by Crippen LogP contribution is 2.33. The molecule has 2 aromatic heterocycles. The Morgan fingerprint density at radius 3 is 2.13 bits per heavy atom. The summed E-state index contributed by atoms with van der Waals surface area (Å²) in [4.78, 5) is 11.6. The van der Waals surface area contributed by atoms with Crippen molar-refractivity contribution in [1.29, 1.82) is 0 Å². The fourth-order valence-corrected chi connectivity index (χ4v) is 3.50. The second kappa shape index (κ2) is 8.26. The Bertz CT molecular complexity index is 1210. The summed E-state index contributed by atoms with van der Waals surface area (Å²) in [6.07, 6.45) is 0. The molecular weight excluding hydrogens is 392 g/mol. The average molecular weight is 415 g/mol. The lowest BCUT2D eigenvalue weighted by atomic mass is 9.84. The molecule has 0 amide bonds. The molecule has 5 heteroatoms. The first-order valence-electron chi connectivity index (χ1n) is 10.1. The van der Waals surface area contributed by atoms with Crippen LogP contribution in [0, 0.1) is 11.6 Å². The molecule has 2 aromatic carbocycles. The quantitative estimate of drug-likeness (QED) is 0.372. The van der Waals surface area contributed by atoms with Crippen LogP contribution >= 0.6 is 0 Å². The van der Waals surface area contributed by atoms with Crippen LogP contribution in [-0.2, 0) is 5.41 Å². The number of aromatic nitrogens is 2. The van der Waals surface area contributed by atoms with E-state index in [2.05, 4.69) is 0 Å². The van der Waals surface area contributed by atoms with E-state index in [1.54, 1.807) is 6.07 Å². The summed E-state index contributed by atoms with van der Waals surface area (Å²) < 4.78 is 27.6. The maximum Gasteiger partial charge on any atom is 0.135 e. The third-order valence-electron chi connectivity index (χ3n) is 5.46. The molecule has 2 heterocycles. The molecular formula is C26H23F2N3. The van der Waals surface area contributed by atoms with Gasteiger partial charge in [0, 0.05) is 29.8 Å². The average Bonchev–Trinajstić information content (AvgIpc) is 2.79. The van der Waals surface area contributed by atoms with Gasteiger partial charge in [0.25, 0.3) is 0 Å². The Hall–Kier alpha value is -3.60. The van der Waals surface area contributed by atoms with Gasteiger partial charge in [-0.15, -0.1) is 0 Å². The monoisotopic (exact) mass is 415 g/mol. The Balaban J connectivity index is 1.71. The predicted molar refractivity (Wildman–Crippen MR) is 120 cm³/mol. The van der Waals surface area contributed by atoms with E-state index in [0.717, 1.165) is 29.0 Å². The zero-order valence-electron chi connectivity index (χ0n) is 17.7. The zero-order chi connectivity index (χ0) is 22.0. The van der Waals surface area contributed by atoms with Gasteiger partial charge in [-0.1, -0.05) is 30.3 Å². The lowest BCUT2D eigenvalue weighted by molar-refractivity contribution is 0.583. The summed E-state index contributed by atoms with van der Waals surface area (Å²) in [5.41, 5.74) is 2.83. The molecule has 31 heavy (non-hydrogen) atoms. The first-order valence-corrected chi connectivity index (χ1v) is 10.1. The van der Waals surface area contributed by atoms with Gasteiger partial charge in [0.15, 0.2) is 0 Å². The van der Waals surface area contributed by atoms with Crippen LogP contribution in [0.25, 0.3) is 11.3 Å². The van der Waals surface area contributed by atoms with Gasteiger partial charge in [0.2, 0.25) is 0 Å². The van der Waals surface area contributed by atoms with E-state index < -0.39 is 17.0 Å². The van der Waals surface area contributed by atoms with Crippen molar-refractivity contribution in [2.75, 3.05) is 11.9 Å². The number of para-hydroxylation sites is 1. The zero-order valence-corrected chi connectivity index (χ0v) is 17.7. The molecule has 4 rings (SSSR count). The van der Waals surface area contributed by atoms with Crippen LogP contribution in [0.2, 0.25) is 0 Å². The highest BCUT2D eigenvalue weighted by Gasteiger charge is 2.27. The van der Waals surface area contributed by atoms with E-state index in [1.807, 2.05) is 86.5 Å². The van der Waals surface area contributed by atoms with Crippen molar-refractivity contribution in [3.05, 3.63) is 108 Å². The van der Waals surface area contributed by atoms with E-state index in [0.29, 0.717) is 5.69 Å². The highest BCUT2D eigenvalue weighted by molar-refractivity contribution is 5.61. The van der Waals surface area contributed by atoms with Crippen LogP contribution in [0.4, 0.5) is 20.3 Å². The number of hydrogen-bond donors (Lipinski definition) is 0. The molecule has 0 N–H and O–H groups in total. The molecule has 4 aromatic rings. The third-order valence-corrected chi connectivity index (χ3v) is 5.46. The predicted octanol–water partition coefficient (Wildman–Crippen LogP) is 6.52. The van der Waals surface area contributed by atoms with Crippen LogP contribution in [0.3, 0.4) is 0 Å². The van der Waals surface area contributed by atoms with Crippen LogP contribution in [0.5, 0.6) is 0 Å². The largest absolute Gasteiger partial charge is 0.329 e. The summed E-state index contributed by atoms with van der Waals surface area (Å²) in [5.74, 6) is -0.425. The summed E-state index contributed by atoms with van der Waals surface area (Å²) in [7, 11) is 1.98.